The van der Waals surface area contributed by atoms with Gasteiger partial charge in [-0.25, -0.2) is 0 Å². The standard InChI is InChI=1S/C13H25N3O/c1-11(2)15(3)12(17)8-16-7-5-13(10-16)4-6-14-9-13/h11,14H,4-10H2,1-3H3. The Morgan fingerprint density at radius 2 is 2.24 bits per heavy atom. The molecule has 0 saturated carbocycles. The van der Waals surface area contributed by atoms with Crippen LogP contribution in [-0.2, 0) is 4.79 Å². The number of likely N-dealkylation sites (N-methyl/N-ethyl adjacent to an activating group) is 1. The molecule has 0 aromatic carbocycles. The summed E-state index contributed by atoms with van der Waals surface area (Å²) in [7, 11) is 1.90. The Labute approximate surface area is 104 Å². The fourth-order valence-corrected chi connectivity index (χ4v) is 2.90. The zero-order valence-electron chi connectivity index (χ0n) is 11.3. The van der Waals surface area contributed by atoms with Crippen LogP contribution in [0.5, 0.6) is 0 Å². The first-order valence-corrected chi connectivity index (χ1v) is 6.71. The van der Waals surface area contributed by atoms with E-state index in [1.54, 1.807) is 0 Å². The normalized spacial score (nSPS) is 29.4. The Hall–Kier alpha value is -0.610. The maximum atomic E-state index is 12.0. The van der Waals surface area contributed by atoms with Crippen LogP contribution in [0, 0.1) is 5.41 Å². The van der Waals surface area contributed by atoms with E-state index in [2.05, 4.69) is 24.1 Å². The van der Waals surface area contributed by atoms with Gasteiger partial charge in [-0.1, -0.05) is 0 Å². The van der Waals surface area contributed by atoms with Crippen LogP contribution >= 0.6 is 0 Å². The van der Waals surface area contributed by atoms with Gasteiger partial charge in [-0.2, -0.15) is 0 Å². The molecule has 17 heavy (non-hydrogen) atoms. The van der Waals surface area contributed by atoms with E-state index in [-0.39, 0.29) is 5.91 Å². The zero-order chi connectivity index (χ0) is 12.5. The fraction of sp³-hybridized carbons (Fsp3) is 0.923. The minimum Gasteiger partial charge on any atom is -0.342 e. The summed E-state index contributed by atoms with van der Waals surface area (Å²) in [5.41, 5.74) is 0.469. The van der Waals surface area contributed by atoms with Crippen molar-refractivity contribution in [3.63, 3.8) is 0 Å². The number of hydrogen-bond acceptors (Lipinski definition) is 3. The number of amides is 1. The molecule has 0 bridgehead atoms. The molecule has 4 nitrogen and oxygen atoms in total. The van der Waals surface area contributed by atoms with Gasteiger partial charge in [0.2, 0.25) is 5.91 Å². The van der Waals surface area contributed by atoms with Crippen LogP contribution in [0.3, 0.4) is 0 Å². The van der Waals surface area contributed by atoms with Crippen molar-refractivity contribution in [2.75, 3.05) is 39.8 Å². The van der Waals surface area contributed by atoms with Crippen LogP contribution in [-0.4, -0.2) is 61.5 Å². The van der Waals surface area contributed by atoms with Crippen molar-refractivity contribution >= 4 is 5.91 Å². The van der Waals surface area contributed by atoms with Gasteiger partial charge in [0.25, 0.3) is 0 Å². The molecule has 0 aromatic heterocycles. The molecule has 2 fully saturated rings. The topological polar surface area (TPSA) is 35.6 Å². The first-order chi connectivity index (χ1) is 8.02. The van der Waals surface area contributed by atoms with Gasteiger partial charge < -0.3 is 10.2 Å². The Kier molecular flexibility index (Phi) is 3.73. The molecule has 1 N–H and O–H groups in total. The second kappa shape index (κ2) is 4.94. The molecule has 0 radical (unpaired) electrons. The van der Waals surface area contributed by atoms with E-state index in [1.807, 2.05) is 11.9 Å². The lowest BCUT2D eigenvalue weighted by molar-refractivity contribution is -0.132. The molecule has 1 amide bonds. The van der Waals surface area contributed by atoms with E-state index < -0.39 is 0 Å². The van der Waals surface area contributed by atoms with Gasteiger partial charge in [0.15, 0.2) is 0 Å². The summed E-state index contributed by atoms with van der Waals surface area (Å²) >= 11 is 0. The highest BCUT2D eigenvalue weighted by molar-refractivity contribution is 5.78. The Bertz CT molecular complexity index is 284. The minimum atomic E-state index is 0.253. The summed E-state index contributed by atoms with van der Waals surface area (Å²) in [5, 5.41) is 3.45. The van der Waals surface area contributed by atoms with Gasteiger partial charge in [0.1, 0.15) is 0 Å². The highest BCUT2D eigenvalue weighted by Crippen LogP contribution is 2.35. The van der Waals surface area contributed by atoms with E-state index in [0.717, 1.165) is 26.2 Å². The zero-order valence-corrected chi connectivity index (χ0v) is 11.3. The SMILES string of the molecule is CC(C)N(C)C(=O)CN1CCC2(CCNC2)C1. The molecule has 2 saturated heterocycles. The van der Waals surface area contributed by atoms with E-state index in [9.17, 15) is 4.79 Å². The van der Waals surface area contributed by atoms with Crippen LogP contribution in [0.25, 0.3) is 0 Å². The average molecular weight is 239 g/mol. The molecule has 0 aromatic rings. The summed E-state index contributed by atoms with van der Waals surface area (Å²) in [6, 6.07) is 0.298. The van der Waals surface area contributed by atoms with Gasteiger partial charge in [-0.05, 0) is 45.2 Å². The highest BCUT2D eigenvalue weighted by Gasteiger charge is 2.40. The molecule has 2 aliphatic heterocycles. The maximum absolute atomic E-state index is 12.0. The third-order valence-electron chi connectivity index (χ3n) is 4.38. The van der Waals surface area contributed by atoms with Gasteiger partial charge >= 0.3 is 0 Å². The maximum Gasteiger partial charge on any atom is 0.236 e. The second-order valence-electron chi connectivity index (χ2n) is 5.99. The van der Waals surface area contributed by atoms with Crippen LogP contribution in [0.2, 0.25) is 0 Å². The second-order valence-corrected chi connectivity index (χ2v) is 5.99. The predicted octanol–water partition coefficient (Wildman–Crippen LogP) is 0.539. The van der Waals surface area contributed by atoms with Crippen molar-refractivity contribution in [1.82, 2.24) is 15.1 Å². The smallest absolute Gasteiger partial charge is 0.236 e. The van der Waals surface area contributed by atoms with E-state index in [1.165, 1.54) is 12.8 Å². The van der Waals surface area contributed by atoms with E-state index >= 15 is 0 Å². The number of carbonyl (C=O) groups is 1. The number of hydrogen-bond donors (Lipinski definition) is 1. The van der Waals surface area contributed by atoms with Crippen molar-refractivity contribution in [1.29, 1.82) is 0 Å². The van der Waals surface area contributed by atoms with E-state index in [0.29, 0.717) is 18.0 Å². The lowest BCUT2D eigenvalue weighted by Crippen LogP contribution is -2.41. The quantitative estimate of drug-likeness (QED) is 0.781. The van der Waals surface area contributed by atoms with Gasteiger partial charge in [0.05, 0.1) is 6.54 Å². The monoisotopic (exact) mass is 239 g/mol. The Morgan fingerprint density at radius 3 is 2.82 bits per heavy atom. The fourth-order valence-electron chi connectivity index (χ4n) is 2.90. The predicted molar refractivity (Wildman–Crippen MR) is 68.9 cm³/mol. The van der Waals surface area contributed by atoms with Crippen LogP contribution in [0.1, 0.15) is 26.7 Å². The van der Waals surface area contributed by atoms with E-state index in [4.69, 9.17) is 0 Å². The number of nitrogens with one attached hydrogen (secondary N) is 1. The molecular weight excluding hydrogens is 214 g/mol. The summed E-state index contributed by atoms with van der Waals surface area (Å²) in [6.07, 6.45) is 2.52. The molecular formula is C13H25N3O. The number of nitrogens with zero attached hydrogens (tertiary/aromatic N) is 2. The molecule has 0 aliphatic carbocycles. The molecule has 1 unspecified atom stereocenters. The van der Waals surface area contributed by atoms with Crippen LogP contribution in [0.15, 0.2) is 0 Å². The summed E-state index contributed by atoms with van der Waals surface area (Å²) < 4.78 is 0. The first kappa shape index (κ1) is 12.8. The van der Waals surface area contributed by atoms with Crippen LogP contribution in [0.4, 0.5) is 0 Å². The van der Waals surface area contributed by atoms with Crippen molar-refractivity contribution in [3.05, 3.63) is 0 Å². The summed E-state index contributed by atoms with van der Waals surface area (Å²) in [6.45, 7) is 9.17. The molecule has 2 heterocycles. The minimum absolute atomic E-state index is 0.253. The molecule has 2 rings (SSSR count). The largest absolute Gasteiger partial charge is 0.342 e. The van der Waals surface area contributed by atoms with Crippen LogP contribution < -0.4 is 5.32 Å². The lowest BCUT2D eigenvalue weighted by Gasteiger charge is -2.26. The van der Waals surface area contributed by atoms with Gasteiger partial charge in [-0.3, -0.25) is 9.69 Å². The molecule has 98 valence electrons. The summed E-state index contributed by atoms with van der Waals surface area (Å²) in [4.78, 5) is 16.2. The molecule has 1 atom stereocenters. The first-order valence-electron chi connectivity index (χ1n) is 6.71. The number of carbonyl (C=O) groups excluding carboxylic acids is 1. The van der Waals surface area contributed by atoms with Crippen molar-refractivity contribution in [2.45, 2.75) is 32.7 Å². The lowest BCUT2D eigenvalue weighted by atomic mass is 9.87. The number of rotatable bonds is 3. The Morgan fingerprint density at radius 1 is 1.47 bits per heavy atom. The highest BCUT2D eigenvalue weighted by atomic mass is 16.2. The van der Waals surface area contributed by atoms with Crippen molar-refractivity contribution in [3.8, 4) is 0 Å². The molecule has 2 aliphatic rings. The Balaban J connectivity index is 1.83. The molecule has 4 heteroatoms. The number of likely N-dealkylation sites (tertiary alicyclic amines) is 1. The van der Waals surface area contributed by atoms with Gasteiger partial charge in [0, 0.05) is 26.2 Å². The average Bonchev–Trinajstić information content (AvgIpc) is 2.89. The van der Waals surface area contributed by atoms with Gasteiger partial charge in [-0.15, -0.1) is 0 Å². The third kappa shape index (κ3) is 2.80. The van der Waals surface area contributed by atoms with Crippen molar-refractivity contribution < 1.29 is 4.79 Å². The molecule has 1 spiro atoms. The summed E-state index contributed by atoms with van der Waals surface area (Å²) in [5.74, 6) is 0.253. The third-order valence-corrected chi connectivity index (χ3v) is 4.38. The van der Waals surface area contributed by atoms with Crippen molar-refractivity contribution in [2.24, 2.45) is 5.41 Å².